The van der Waals surface area contributed by atoms with Gasteiger partial charge in [-0.15, -0.1) is 0 Å². The van der Waals surface area contributed by atoms with E-state index in [4.69, 9.17) is 4.99 Å². The Labute approximate surface area is 119 Å². The molecule has 0 spiro atoms. The van der Waals surface area contributed by atoms with Gasteiger partial charge in [-0.25, -0.2) is 0 Å². The summed E-state index contributed by atoms with van der Waals surface area (Å²) < 4.78 is 1.76. The summed E-state index contributed by atoms with van der Waals surface area (Å²) in [7, 11) is 0. The zero-order chi connectivity index (χ0) is 14.1. The van der Waals surface area contributed by atoms with Crippen molar-refractivity contribution in [1.29, 1.82) is 0 Å². The molecule has 5 heteroatoms. The maximum absolute atomic E-state index is 12.3. The van der Waals surface area contributed by atoms with Gasteiger partial charge in [-0.2, -0.15) is 5.10 Å². The number of hydrogen-bond acceptors (Lipinski definition) is 3. The summed E-state index contributed by atoms with van der Waals surface area (Å²) in [5.74, 6) is 0.483. The molecule has 3 rings (SSSR count). The average Bonchev–Trinajstić information content (AvgIpc) is 2.68. The van der Waals surface area contributed by atoms with Gasteiger partial charge in [0.2, 0.25) is 0 Å². The highest BCUT2D eigenvalue weighted by Gasteiger charge is 2.27. The van der Waals surface area contributed by atoms with E-state index in [-0.39, 0.29) is 5.91 Å². The molecule has 0 bridgehead atoms. The maximum Gasteiger partial charge on any atom is 0.272 e. The molecule has 1 aliphatic carbocycles. The van der Waals surface area contributed by atoms with Gasteiger partial charge < -0.3 is 5.32 Å². The Morgan fingerprint density at radius 3 is 2.75 bits per heavy atom. The molecule has 0 aromatic carbocycles. The predicted molar refractivity (Wildman–Crippen MR) is 78.6 cm³/mol. The van der Waals surface area contributed by atoms with E-state index in [1.165, 1.54) is 32.1 Å². The number of carbonyl (C=O) groups excluding carboxylic acids is 1. The maximum atomic E-state index is 12.3. The molecule has 1 aromatic rings. The molecule has 0 radical (unpaired) electrons. The average molecular weight is 274 g/mol. The van der Waals surface area contributed by atoms with E-state index in [2.05, 4.69) is 10.4 Å². The number of amides is 1. The summed E-state index contributed by atoms with van der Waals surface area (Å²) in [6.07, 6.45) is 6.28. The third-order valence-electron chi connectivity index (χ3n) is 4.37. The fraction of sp³-hybridized carbons (Fsp3) is 0.667. The largest absolute Gasteiger partial charge is 0.345 e. The Balaban J connectivity index is 2.00. The number of fused-ring (bicyclic) bond motifs is 1. The summed E-state index contributed by atoms with van der Waals surface area (Å²) in [6, 6.07) is 0. The van der Waals surface area contributed by atoms with Crippen LogP contribution in [-0.4, -0.2) is 27.9 Å². The topological polar surface area (TPSA) is 59.3 Å². The third-order valence-corrected chi connectivity index (χ3v) is 4.37. The van der Waals surface area contributed by atoms with Gasteiger partial charge in [0.15, 0.2) is 5.69 Å². The Bertz CT molecular complexity index is 552. The number of aromatic nitrogens is 2. The van der Waals surface area contributed by atoms with E-state index in [0.717, 1.165) is 17.1 Å². The van der Waals surface area contributed by atoms with Gasteiger partial charge in [0.25, 0.3) is 5.91 Å². The summed E-state index contributed by atoms with van der Waals surface area (Å²) >= 11 is 0. The highest BCUT2D eigenvalue weighted by Crippen LogP contribution is 2.30. The van der Waals surface area contributed by atoms with E-state index in [0.29, 0.717) is 24.7 Å². The van der Waals surface area contributed by atoms with Crippen molar-refractivity contribution in [2.45, 2.75) is 52.5 Å². The number of nitrogens with zero attached hydrogens (tertiary/aromatic N) is 3. The van der Waals surface area contributed by atoms with Gasteiger partial charge in [-0.05, 0) is 32.6 Å². The molecular formula is C15H22N4O. The van der Waals surface area contributed by atoms with Gasteiger partial charge >= 0.3 is 0 Å². The number of hydrogen-bond donors (Lipinski definition) is 1. The summed E-state index contributed by atoms with van der Waals surface area (Å²) in [5.41, 5.74) is 3.39. The predicted octanol–water partition coefficient (Wildman–Crippen LogP) is 2.61. The quantitative estimate of drug-likeness (QED) is 0.901. The molecule has 0 saturated heterocycles. The van der Waals surface area contributed by atoms with Crippen molar-refractivity contribution in [3.63, 3.8) is 0 Å². The zero-order valence-electron chi connectivity index (χ0n) is 12.3. The van der Waals surface area contributed by atoms with Crippen molar-refractivity contribution in [3.05, 3.63) is 11.4 Å². The van der Waals surface area contributed by atoms with E-state index < -0.39 is 0 Å². The van der Waals surface area contributed by atoms with Gasteiger partial charge in [0.05, 0.1) is 12.2 Å². The van der Waals surface area contributed by atoms with Crippen LogP contribution < -0.4 is 5.32 Å². The lowest BCUT2D eigenvalue weighted by Gasteiger charge is -2.22. The second-order valence-electron chi connectivity index (χ2n) is 5.72. The molecule has 1 fully saturated rings. The van der Waals surface area contributed by atoms with Crippen molar-refractivity contribution in [2.75, 3.05) is 6.54 Å². The minimum atomic E-state index is -0.0444. The summed E-state index contributed by atoms with van der Waals surface area (Å²) in [5, 5.41) is 7.44. The molecule has 5 nitrogen and oxygen atoms in total. The number of rotatable bonds is 2. The van der Waals surface area contributed by atoms with E-state index in [1.54, 1.807) is 4.68 Å². The van der Waals surface area contributed by atoms with Crippen LogP contribution in [0.1, 0.15) is 55.2 Å². The van der Waals surface area contributed by atoms with Crippen LogP contribution in [0.25, 0.3) is 0 Å². The van der Waals surface area contributed by atoms with E-state index in [9.17, 15) is 4.79 Å². The van der Waals surface area contributed by atoms with Crippen molar-refractivity contribution < 1.29 is 4.79 Å². The SMILES string of the molecule is CCn1nc(C)c2c1C(=O)NCC(C1CCCCC1)=N2. The standard InChI is InChI=1S/C15H22N4O/c1-3-19-14-13(10(2)18-19)17-12(9-16-15(14)20)11-7-5-4-6-8-11/h11H,3-9H2,1-2H3,(H,16,20). The van der Waals surface area contributed by atoms with Gasteiger partial charge in [-0.3, -0.25) is 14.5 Å². The zero-order valence-corrected chi connectivity index (χ0v) is 12.3. The highest BCUT2D eigenvalue weighted by atomic mass is 16.2. The number of carbonyl (C=O) groups is 1. The first-order chi connectivity index (χ1) is 9.70. The first kappa shape index (κ1) is 13.3. The molecule has 1 N–H and O–H groups in total. The Morgan fingerprint density at radius 2 is 2.05 bits per heavy atom. The first-order valence-electron chi connectivity index (χ1n) is 7.63. The molecule has 1 aromatic heterocycles. The lowest BCUT2D eigenvalue weighted by atomic mass is 9.85. The molecule has 20 heavy (non-hydrogen) atoms. The minimum absolute atomic E-state index is 0.0444. The fourth-order valence-electron chi connectivity index (χ4n) is 3.27. The second-order valence-corrected chi connectivity index (χ2v) is 5.72. The van der Waals surface area contributed by atoms with E-state index >= 15 is 0 Å². The second kappa shape index (κ2) is 5.38. The molecule has 1 saturated carbocycles. The third kappa shape index (κ3) is 2.25. The molecule has 0 atom stereocenters. The van der Waals surface area contributed by atoms with Crippen molar-refractivity contribution in [1.82, 2.24) is 15.1 Å². The summed E-state index contributed by atoms with van der Waals surface area (Å²) in [4.78, 5) is 17.1. The normalized spacial score (nSPS) is 20.1. The molecule has 108 valence electrons. The number of nitrogens with one attached hydrogen (secondary N) is 1. The Kier molecular flexibility index (Phi) is 3.59. The lowest BCUT2D eigenvalue weighted by molar-refractivity contribution is 0.0950. The Hall–Kier alpha value is -1.65. The molecular weight excluding hydrogens is 252 g/mol. The molecule has 2 heterocycles. The van der Waals surface area contributed by atoms with Crippen molar-refractivity contribution >= 4 is 17.3 Å². The molecule has 2 aliphatic rings. The van der Waals surface area contributed by atoms with Crippen LogP contribution in [0.5, 0.6) is 0 Å². The van der Waals surface area contributed by atoms with Crippen molar-refractivity contribution in [2.24, 2.45) is 10.9 Å². The smallest absolute Gasteiger partial charge is 0.272 e. The van der Waals surface area contributed by atoms with Crippen LogP contribution in [-0.2, 0) is 6.54 Å². The highest BCUT2D eigenvalue weighted by molar-refractivity contribution is 6.05. The van der Waals surface area contributed by atoms with Crippen LogP contribution in [0.2, 0.25) is 0 Å². The first-order valence-corrected chi connectivity index (χ1v) is 7.63. The molecule has 1 amide bonds. The van der Waals surface area contributed by atoms with Crippen LogP contribution >= 0.6 is 0 Å². The number of aliphatic imine (C=N–C) groups is 1. The molecule has 1 aliphatic heterocycles. The van der Waals surface area contributed by atoms with Gasteiger partial charge in [0, 0.05) is 12.3 Å². The van der Waals surface area contributed by atoms with Crippen LogP contribution in [0.15, 0.2) is 4.99 Å². The monoisotopic (exact) mass is 274 g/mol. The van der Waals surface area contributed by atoms with Crippen LogP contribution in [0.4, 0.5) is 5.69 Å². The fourth-order valence-corrected chi connectivity index (χ4v) is 3.27. The summed E-state index contributed by atoms with van der Waals surface area (Å²) in [6.45, 7) is 5.21. The van der Waals surface area contributed by atoms with Crippen molar-refractivity contribution in [3.8, 4) is 0 Å². The van der Waals surface area contributed by atoms with Crippen LogP contribution in [0.3, 0.4) is 0 Å². The van der Waals surface area contributed by atoms with Gasteiger partial charge in [-0.1, -0.05) is 19.3 Å². The van der Waals surface area contributed by atoms with Gasteiger partial charge in [0.1, 0.15) is 5.69 Å². The molecule has 0 unspecified atom stereocenters. The number of aryl methyl sites for hydroxylation is 2. The Morgan fingerprint density at radius 1 is 1.30 bits per heavy atom. The minimum Gasteiger partial charge on any atom is -0.345 e. The van der Waals surface area contributed by atoms with E-state index in [1.807, 2.05) is 13.8 Å². The van der Waals surface area contributed by atoms with Crippen LogP contribution in [0, 0.1) is 12.8 Å². The lowest BCUT2D eigenvalue weighted by Crippen LogP contribution is -2.33.